The van der Waals surface area contributed by atoms with Gasteiger partial charge in [-0.1, -0.05) is 17.7 Å². The molecule has 6 nitrogen and oxygen atoms in total. The predicted molar refractivity (Wildman–Crippen MR) is 89.6 cm³/mol. The van der Waals surface area contributed by atoms with Gasteiger partial charge in [0.05, 0.1) is 15.6 Å². The van der Waals surface area contributed by atoms with E-state index in [1.807, 2.05) is 0 Å². The lowest BCUT2D eigenvalue weighted by molar-refractivity contribution is -0.114. The van der Waals surface area contributed by atoms with E-state index in [1.165, 1.54) is 19.1 Å². The molecule has 25 heavy (non-hydrogen) atoms. The number of carbonyl (C=O) groups excluding carboxylic acids is 1. The number of halogens is 3. The maximum atomic E-state index is 12.4. The summed E-state index contributed by atoms with van der Waals surface area (Å²) in [4.78, 5) is 10.8. The molecule has 0 atom stereocenters. The smallest absolute Gasteiger partial charge is 0.387 e. The molecule has 2 rings (SSSR count). The first kappa shape index (κ1) is 18.9. The molecule has 0 saturated heterocycles. The van der Waals surface area contributed by atoms with E-state index in [2.05, 4.69) is 14.8 Å². The zero-order valence-corrected chi connectivity index (χ0v) is 14.4. The van der Waals surface area contributed by atoms with Gasteiger partial charge >= 0.3 is 6.61 Å². The van der Waals surface area contributed by atoms with Gasteiger partial charge in [0, 0.05) is 12.6 Å². The minimum Gasteiger partial charge on any atom is -0.433 e. The van der Waals surface area contributed by atoms with Crippen LogP contribution in [0.5, 0.6) is 5.75 Å². The van der Waals surface area contributed by atoms with Crippen molar-refractivity contribution in [1.29, 1.82) is 0 Å². The van der Waals surface area contributed by atoms with E-state index < -0.39 is 16.6 Å². The van der Waals surface area contributed by atoms with Crippen LogP contribution in [0, 0.1) is 0 Å². The van der Waals surface area contributed by atoms with Gasteiger partial charge in [-0.3, -0.25) is 9.52 Å². The summed E-state index contributed by atoms with van der Waals surface area (Å²) in [5.41, 5.74) is 0.613. The molecule has 2 aromatic carbocycles. The summed E-state index contributed by atoms with van der Waals surface area (Å²) < 4.78 is 55.6. The minimum atomic E-state index is -4.02. The van der Waals surface area contributed by atoms with E-state index in [-0.39, 0.29) is 27.3 Å². The van der Waals surface area contributed by atoms with Crippen LogP contribution in [-0.4, -0.2) is 20.9 Å². The van der Waals surface area contributed by atoms with E-state index >= 15 is 0 Å². The van der Waals surface area contributed by atoms with Crippen LogP contribution in [0.1, 0.15) is 6.92 Å². The first-order valence-electron chi connectivity index (χ1n) is 6.82. The Morgan fingerprint density at radius 1 is 1.16 bits per heavy atom. The highest BCUT2D eigenvalue weighted by Gasteiger charge is 2.18. The molecule has 2 aromatic rings. The fourth-order valence-electron chi connectivity index (χ4n) is 1.92. The van der Waals surface area contributed by atoms with Gasteiger partial charge in [-0.15, -0.1) is 0 Å². The standard InChI is InChI=1S/C15H13ClF2N2O4S/c1-9(21)19-10-3-2-4-11(7-10)20-25(22,23)12-5-6-14(13(16)8-12)24-15(17)18/h2-8,15,20H,1H3,(H,19,21). The summed E-state index contributed by atoms with van der Waals surface area (Å²) in [5, 5.41) is 2.25. The Kier molecular flexibility index (Phi) is 5.81. The van der Waals surface area contributed by atoms with E-state index in [1.54, 1.807) is 12.1 Å². The van der Waals surface area contributed by atoms with Crippen molar-refractivity contribution >= 4 is 38.9 Å². The average molecular weight is 391 g/mol. The fraction of sp³-hybridized carbons (Fsp3) is 0.133. The first-order valence-corrected chi connectivity index (χ1v) is 8.68. The van der Waals surface area contributed by atoms with E-state index in [0.29, 0.717) is 5.69 Å². The second-order valence-electron chi connectivity index (χ2n) is 4.84. The monoisotopic (exact) mass is 390 g/mol. The molecule has 0 fully saturated rings. The summed E-state index contributed by atoms with van der Waals surface area (Å²) in [6, 6.07) is 9.18. The number of carbonyl (C=O) groups is 1. The Labute approximate surface area is 147 Å². The van der Waals surface area contributed by atoms with Crippen molar-refractivity contribution in [3.05, 3.63) is 47.5 Å². The largest absolute Gasteiger partial charge is 0.433 e. The normalized spacial score (nSPS) is 11.2. The van der Waals surface area contributed by atoms with Crippen molar-refractivity contribution in [3.63, 3.8) is 0 Å². The third-order valence-corrected chi connectivity index (χ3v) is 4.54. The van der Waals surface area contributed by atoms with Crippen LogP contribution in [0.4, 0.5) is 20.2 Å². The number of ether oxygens (including phenoxy) is 1. The highest BCUT2D eigenvalue weighted by Crippen LogP contribution is 2.29. The Morgan fingerprint density at radius 2 is 1.84 bits per heavy atom. The quantitative estimate of drug-likeness (QED) is 0.787. The molecule has 0 bridgehead atoms. The molecule has 134 valence electrons. The molecule has 0 spiro atoms. The summed E-state index contributed by atoms with van der Waals surface area (Å²) in [6.07, 6.45) is 0. The van der Waals surface area contributed by atoms with Gasteiger partial charge in [0.15, 0.2) is 0 Å². The Balaban J connectivity index is 2.24. The highest BCUT2D eigenvalue weighted by molar-refractivity contribution is 7.92. The molecule has 0 aliphatic heterocycles. The van der Waals surface area contributed by atoms with Crippen LogP contribution < -0.4 is 14.8 Å². The summed E-state index contributed by atoms with van der Waals surface area (Å²) in [5.74, 6) is -0.635. The third kappa shape index (κ3) is 5.30. The fourth-order valence-corrected chi connectivity index (χ4v) is 3.28. The third-order valence-electron chi connectivity index (χ3n) is 2.86. The molecule has 0 heterocycles. The van der Waals surface area contributed by atoms with Crippen LogP contribution in [0.2, 0.25) is 5.02 Å². The molecule has 1 amide bonds. The molecule has 10 heteroatoms. The first-order chi connectivity index (χ1) is 11.7. The van der Waals surface area contributed by atoms with Crippen molar-refractivity contribution in [2.45, 2.75) is 18.4 Å². The Bertz CT molecular complexity index is 891. The van der Waals surface area contributed by atoms with Gasteiger partial charge in [-0.25, -0.2) is 8.42 Å². The summed E-state index contributed by atoms with van der Waals surface area (Å²) >= 11 is 5.77. The number of benzene rings is 2. The molecule has 0 saturated carbocycles. The number of anilines is 2. The van der Waals surface area contributed by atoms with Gasteiger partial charge in [-0.05, 0) is 36.4 Å². The van der Waals surface area contributed by atoms with Crippen LogP contribution in [0.3, 0.4) is 0 Å². The predicted octanol–water partition coefficient (Wildman–Crippen LogP) is 3.70. The van der Waals surface area contributed by atoms with Crippen molar-refractivity contribution in [1.82, 2.24) is 0 Å². The van der Waals surface area contributed by atoms with Gasteiger partial charge in [0.2, 0.25) is 5.91 Å². The van der Waals surface area contributed by atoms with Crippen molar-refractivity contribution in [2.75, 3.05) is 10.0 Å². The summed E-state index contributed by atoms with van der Waals surface area (Å²) in [7, 11) is -4.02. The van der Waals surface area contributed by atoms with Crippen molar-refractivity contribution in [2.24, 2.45) is 0 Å². The SMILES string of the molecule is CC(=O)Nc1cccc(NS(=O)(=O)c2ccc(OC(F)F)c(Cl)c2)c1. The van der Waals surface area contributed by atoms with Gasteiger partial charge in [-0.2, -0.15) is 8.78 Å². The maximum Gasteiger partial charge on any atom is 0.387 e. The zero-order valence-electron chi connectivity index (χ0n) is 12.8. The molecule has 0 aliphatic rings. The van der Waals surface area contributed by atoms with Crippen molar-refractivity contribution in [3.8, 4) is 5.75 Å². The molecule has 0 unspecified atom stereocenters. The second kappa shape index (κ2) is 7.66. The lowest BCUT2D eigenvalue weighted by atomic mass is 10.3. The number of hydrogen-bond acceptors (Lipinski definition) is 4. The summed E-state index contributed by atoms with van der Waals surface area (Å²) in [6.45, 7) is -1.75. The van der Waals surface area contributed by atoms with Crippen LogP contribution in [0.15, 0.2) is 47.4 Å². The van der Waals surface area contributed by atoms with Crippen molar-refractivity contribution < 1.29 is 26.7 Å². The zero-order chi connectivity index (χ0) is 18.6. The molecule has 0 aromatic heterocycles. The number of hydrogen-bond donors (Lipinski definition) is 2. The Morgan fingerprint density at radius 3 is 2.44 bits per heavy atom. The van der Waals surface area contributed by atoms with Gasteiger partial charge < -0.3 is 10.1 Å². The molecule has 0 aliphatic carbocycles. The molecule has 2 N–H and O–H groups in total. The maximum absolute atomic E-state index is 12.4. The van der Waals surface area contributed by atoms with Crippen LogP contribution >= 0.6 is 11.6 Å². The second-order valence-corrected chi connectivity index (χ2v) is 6.93. The lowest BCUT2D eigenvalue weighted by Crippen LogP contribution is -2.14. The molecular formula is C15H13ClF2N2O4S. The number of nitrogens with one attached hydrogen (secondary N) is 2. The van der Waals surface area contributed by atoms with Crippen LogP contribution in [-0.2, 0) is 14.8 Å². The average Bonchev–Trinajstić information content (AvgIpc) is 2.48. The molecular weight excluding hydrogens is 378 g/mol. The molecule has 0 radical (unpaired) electrons. The number of amides is 1. The van der Waals surface area contributed by atoms with E-state index in [0.717, 1.165) is 18.2 Å². The van der Waals surface area contributed by atoms with E-state index in [4.69, 9.17) is 11.6 Å². The lowest BCUT2D eigenvalue weighted by Gasteiger charge is -2.11. The highest BCUT2D eigenvalue weighted by atomic mass is 35.5. The Hall–Kier alpha value is -2.39. The number of rotatable bonds is 6. The number of alkyl halides is 2. The van der Waals surface area contributed by atoms with E-state index in [9.17, 15) is 22.0 Å². The van der Waals surface area contributed by atoms with Crippen LogP contribution in [0.25, 0.3) is 0 Å². The topological polar surface area (TPSA) is 84.5 Å². The van der Waals surface area contributed by atoms with Gasteiger partial charge in [0.25, 0.3) is 10.0 Å². The van der Waals surface area contributed by atoms with Gasteiger partial charge in [0.1, 0.15) is 5.75 Å². The minimum absolute atomic E-state index is 0.204. The number of sulfonamides is 1.